The molecule has 2 unspecified atom stereocenters. The van der Waals surface area contributed by atoms with Gasteiger partial charge in [0, 0.05) is 14.0 Å². The van der Waals surface area contributed by atoms with Gasteiger partial charge < -0.3 is 19.4 Å². The van der Waals surface area contributed by atoms with Crippen LogP contribution in [-0.2, 0) is 9.59 Å². The Balaban J connectivity index is 2.12. The number of methoxy groups -OCH3 is 1. The molecule has 25 heavy (non-hydrogen) atoms. The molecule has 2 atom stereocenters. The highest BCUT2D eigenvalue weighted by atomic mass is 16.5. The normalized spacial score (nSPS) is 13.0. The van der Waals surface area contributed by atoms with Crippen molar-refractivity contribution in [2.75, 3.05) is 14.2 Å². The van der Waals surface area contributed by atoms with Crippen LogP contribution in [0.25, 0.3) is 0 Å². The highest BCUT2D eigenvalue weighted by Gasteiger charge is 2.24. The van der Waals surface area contributed by atoms with Crippen LogP contribution >= 0.6 is 0 Å². The third-order valence-corrected chi connectivity index (χ3v) is 4.20. The molecule has 1 aromatic heterocycles. The van der Waals surface area contributed by atoms with Gasteiger partial charge in [-0.15, -0.1) is 0 Å². The molecule has 0 radical (unpaired) electrons. The van der Waals surface area contributed by atoms with Gasteiger partial charge >= 0.3 is 0 Å². The van der Waals surface area contributed by atoms with Gasteiger partial charge in [-0.3, -0.25) is 9.59 Å². The minimum Gasteiger partial charge on any atom is -0.497 e. The van der Waals surface area contributed by atoms with Gasteiger partial charge in [-0.05, 0) is 36.8 Å². The van der Waals surface area contributed by atoms with Crippen molar-refractivity contribution < 1.29 is 18.7 Å². The number of carbonyl (C=O) groups is 2. The quantitative estimate of drug-likeness (QED) is 0.838. The van der Waals surface area contributed by atoms with Gasteiger partial charge in [-0.25, -0.2) is 0 Å². The Morgan fingerprint density at radius 3 is 2.44 bits per heavy atom. The summed E-state index contributed by atoms with van der Waals surface area (Å²) in [5.41, 5.74) is 0.850. The Labute approximate surface area is 147 Å². The van der Waals surface area contributed by atoms with E-state index in [0.29, 0.717) is 0 Å². The molecular formula is C19H24N2O4. The number of furan rings is 1. The maximum absolute atomic E-state index is 12.7. The van der Waals surface area contributed by atoms with Gasteiger partial charge in [0.1, 0.15) is 11.5 Å². The van der Waals surface area contributed by atoms with Crippen LogP contribution < -0.4 is 10.1 Å². The second kappa shape index (κ2) is 8.37. The summed E-state index contributed by atoms with van der Waals surface area (Å²) in [6, 6.07) is 10.4. The fourth-order valence-corrected chi connectivity index (χ4v) is 2.59. The van der Waals surface area contributed by atoms with Gasteiger partial charge in [0.2, 0.25) is 11.8 Å². The number of hydrogen-bond donors (Lipinski definition) is 1. The number of ether oxygens (including phenoxy) is 1. The van der Waals surface area contributed by atoms with Gasteiger partial charge in [-0.2, -0.15) is 0 Å². The van der Waals surface area contributed by atoms with Crippen LogP contribution in [0.15, 0.2) is 47.1 Å². The minimum absolute atomic E-state index is 0.0848. The Morgan fingerprint density at radius 1 is 1.24 bits per heavy atom. The van der Waals surface area contributed by atoms with Crippen molar-refractivity contribution in [3.63, 3.8) is 0 Å². The van der Waals surface area contributed by atoms with Crippen molar-refractivity contribution in [3.05, 3.63) is 54.0 Å². The molecule has 0 saturated carbocycles. The Hall–Kier alpha value is -2.76. The third-order valence-electron chi connectivity index (χ3n) is 4.20. The first-order valence-corrected chi connectivity index (χ1v) is 8.12. The van der Waals surface area contributed by atoms with Gasteiger partial charge in [-0.1, -0.05) is 12.1 Å². The maximum atomic E-state index is 12.7. The van der Waals surface area contributed by atoms with Crippen LogP contribution in [0, 0.1) is 0 Å². The zero-order chi connectivity index (χ0) is 18.4. The first-order valence-electron chi connectivity index (χ1n) is 8.12. The van der Waals surface area contributed by atoms with E-state index in [-0.39, 0.29) is 24.3 Å². The zero-order valence-electron chi connectivity index (χ0n) is 15.0. The first-order chi connectivity index (χ1) is 11.9. The molecule has 0 spiro atoms. The number of hydrogen-bond acceptors (Lipinski definition) is 4. The number of benzene rings is 1. The molecule has 1 aromatic carbocycles. The van der Waals surface area contributed by atoms with E-state index in [1.54, 1.807) is 31.4 Å². The molecule has 1 N–H and O–H groups in total. The van der Waals surface area contributed by atoms with Crippen LogP contribution in [0.5, 0.6) is 5.75 Å². The molecule has 2 amide bonds. The molecule has 0 fully saturated rings. The molecule has 2 rings (SSSR count). The Morgan fingerprint density at radius 2 is 1.92 bits per heavy atom. The standard InChI is InChI=1S/C19H24N2O4/c1-13(18-6-5-11-25-18)21(3)19(23)12-17(20-14(2)22)15-7-9-16(24-4)10-8-15/h5-11,13,17H,12H2,1-4H3,(H,20,22). The molecule has 0 aliphatic carbocycles. The second-order valence-corrected chi connectivity index (χ2v) is 5.93. The van der Waals surface area contributed by atoms with Crippen LogP contribution in [0.3, 0.4) is 0 Å². The fraction of sp³-hybridized carbons (Fsp3) is 0.368. The van der Waals surface area contributed by atoms with E-state index in [0.717, 1.165) is 17.1 Å². The van der Waals surface area contributed by atoms with Gasteiger partial charge in [0.15, 0.2) is 0 Å². The lowest BCUT2D eigenvalue weighted by molar-refractivity contribution is -0.133. The topological polar surface area (TPSA) is 71.8 Å². The zero-order valence-corrected chi connectivity index (χ0v) is 15.0. The summed E-state index contributed by atoms with van der Waals surface area (Å²) in [7, 11) is 3.32. The monoisotopic (exact) mass is 344 g/mol. The molecule has 6 heteroatoms. The van der Waals surface area contributed by atoms with Crippen LogP contribution in [0.1, 0.15) is 43.7 Å². The molecule has 0 aliphatic heterocycles. The lowest BCUT2D eigenvalue weighted by Gasteiger charge is -2.26. The van der Waals surface area contributed by atoms with E-state index in [9.17, 15) is 9.59 Å². The van der Waals surface area contributed by atoms with Crippen molar-refractivity contribution >= 4 is 11.8 Å². The summed E-state index contributed by atoms with van der Waals surface area (Å²) in [4.78, 5) is 25.8. The summed E-state index contributed by atoms with van der Waals surface area (Å²) in [6.45, 7) is 3.34. The van der Waals surface area contributed by atoms with Crippen molar-refractivity contribution in [1.82, 2.24) is 10.2 Å². The minimum atomic E-state index is -0.401. The van der Waals surface area contributed by atoms with Gasteiger partial charge in [0.25, 0.3) is 0 Å². The summed E-state index contributed by atoms with van der Waals surface area (Å²) in [5.74, 6) is 1.17. The summed E-state index contributed by atoms with van der Waals surface area (Å²) < 4.78 is 10.5. The third kappa shape index (κ3) is 4.86. The summed E-state index contributed by atoms with van der Waals surface area (Å²) in [5, 5.41) is 2.84. The predicted octanol–water partition coefficient (Wildman–Crippen LogP) is 3.08. The second-order valence-electron chi connectivity index (χ2n) is 5.93. The molecule has 6 nitrogen and oxygen atoms in total. The highest BCUT2D eigenvalue weighted by Crippen LogP contribution is 2.24. The molecule has 0 aliphatic rings. The molecule has 0 saturated heterocycles. The van der Waals surface area contributed by atoms with E-state index in [4.69, 9.17) is 9.15 Å². The van der Waals surface area contributed by atoms with Crippen molar-refractivity contribution in [2.24, 2.45) is 0 Å². The first kappa shape index (κ1) is 18.6. The number of nitrogens with zero attached hydrogens (tertiary/aromatic N) is 1. The van der Waals surface area contributed by atoms with Crippen molar-refractivity contribution in [2.45, 2.75) is 32.4 Å². The SMILES string of the molecule is COc1ccc(C(CC(=O)N(C)C(C)c2ccco2)NC(C)=O)cc1. The largest absolute Gasteiger partial charge is 0.497 e. The molecule has 1 heterocycles. The number of amides is 2. The van der Waals surface area contributed by atoms with Crippen molar-refractivity contribution in [1.29, 1.82) is 0 Å². The highest BCUT2D eigenvalue weighted by molar-refractivity contribution is 5.79. The number of rotatable bonds is 7. The average molecular weight is 344 g/mol. The predicted molar refractivity (Wildman–Crippen MR) is 94.1 cm³/mol. The molecular weight excluding hydrogens is 320 g/mol. The van der Waals surface area contributed by atoms with Crippen LogP contribution in [-0.4, -0.2) is 30.9 Å². The van der Waals surface area contributed by atoms with E-state index >= 15 is 0 Å². The molecule has 0 bridgehead atoms. The van der Waals surface area contributed by atoms with E-state index in [1.165, 1.54) is 6.92 Å². The van der Waals surface area contributed by atoms with Crippen LogP contribution in [0.4, 0.5) is 0 Å². The maximum Gasteiger partial charge on any atom is 0.225 e. The lowest BCUT2D eigenvalue weighted by atomic mass is 10.0. The molecule has 134 valence electrons. The van der Waals surface area contributed by atoms with Crippen LogP contribution in [0.2, 0.25) is 0 Å². The van der Waals surface area contributed by atoms with E-state index in [2.05, 4.69) is 5.32 Å². The Kier molecular flexibility index (Phi) is 6.22. The smallest absolute Gasteiger partial charge is 0.225 e. The van der Waals surface area contributed by atoms with Crippen molar-refractivity contribution in [3.8, 4) is 5.75 Å². The summed E-state index contributed by atoms with van der Waals surface area (Å²) in [6.07, 6.45) is 1.75. The average Bonchev–Trinajstić information content (AvgIpc) is 3.14. The number of carbonyl (C=O) groups excluding carboxylic acids is 2. The van der Waals surface area contributed by atoms with E-state index in [1.807, 2.05) is 37.3 Å². The fourth-order valence-electron chi connectivity index (χ4n) is 2.59. The van der Waals surface area contributed by atoms with Gasteiger partial charge in [0.05, 0.1) is 31.9 Å². The molecule has 2 aromatic rings. The number of nitrogens with one attached hydrogen (secondary N) is 1. The Bertz CT molecular complexity index is 695. The van der Waals surface area contributed by atoms with E-state index < -0.39 is 6.04 Å². The summed E-state index contributed by atoms with van der Waals surface area (Å²) >= 11 is 0. The lowest BCUT2D eigenvalue weighted by Crippen LogP contribution is -2.35.